The number of allylic oxidation sites excluding steroid dienone is 1. The van der Waals surface area contributed by atoms with E-state index < -0.39 is 5.78 Å². The predicted octanol–water partition coefficient (Wildman–Crippen LogP) is 5.89. The molecule has 0 atom stereocenters. The molecule has 8 heteroatoms. The van der Waals surface area contributed by atoms with Gasteiger partial charge in [0.25, 0.3) is 5.78 Å². The molecule has 0 N–H and O–H groups in total. The van der Waals surface area contributed by atoms with Crippen molar-refractivity contribution >= 4 is 22.8 Å². The average molecular weight is 605 g/mol. The van der Waals surface area contributed by atoms with Crippen molar-refractivity contribution in [2.45, 2.75) is 53.0 Å². The molecule has 6 rings (SSSR count). The summed E-state index contributed by atoms with van der Waals surface area (Å²) in [6.07, 6.45) is 7.83. The Bertz CT molecular complexity index is 1810. The number of likely N-dealkylation sites (N-methyl/N-ethyl adjacent to an activating group) is 1. The molecule has 234 valence electrons. The number of piperazine rings is 1. The molecule has 0 spiro atoms. The third-order valence-corrected chi connectivity index (χ3v) is 9.70. The minimum absolute atomic E-state index is 0.481. The summed E-state index contributed by atoms with van der Waals surface area (Å²) in [4.78, 5) is 18.4. The first-order valence-corrected chi connectivity index (χ1v) is 16.2. The van der Waals surface area contributed by atoms with Gasteiger partial charge in [-0.05, 0) is 76.3 Å². The zero-order chi connectivity index (χ0) is 31.7. The van der Waals surface area contributed by atoms with Crippen LogP contribution in [-0.4, -0.2) is 76.3 Å². The van der Waals surface area contributed by atoms with E-state index in [1.807, 2.05) is 23.9 Å². The number of hydrogen-bond acceptors (Lipinski definition) is 6. The van der Waals surface area contributed by atoms with Gasteiger partial charge in [-0.3, -0.25) is 14.4 Å². The summed E-state index contributed by atoms with van der Waals surface area (Å²) in [7, 11) is 4.14. The van der Waals surface area contributed by atoms with Crippen molar-refractivity contribution in [3.63, 3.8) is 0 Å². The molecule has 1 aliphatic heterocycles. The Morgan fingerprint density at radius 3 is 2.56 bits per heavy atom. The molecule has 2 aliphatic rings. The largest absolute Gasteiger partial charge is 0.493 e. The highest BCUT2D eigenvalue weighted by Crippen LogP contribution is 2.40. The van der Waals surface area contributed by atoms with Gasteiger partial charge in [0.1, 0.15) is 17.5 Å². The summed E-state index contributed by atoms with van der Waals surface area (Å²) in [6.45, 7) is 12.3. The van der Waals surface area contributed by atoms with Crippen LogP contribution in [-0.2, 0) is 26.4 Å². The van der Waals surface area contributed by atoms with Crippen LogP contribution in [0.4, 0.5) is 0 Å². The first-order chi connectivity index (χ1) is 21.8. The minimum atomic E-state index is -0.481. The van der Waals surface area contributed by atoms with Gasteiger partial charge in [0.15, 0.2) is 0 Å². The fourth-order valence-corrected chi connectivity index (χ4v) is 7.16. The first-order valence-electron chi connectivity index (χ1n) is 16.2. The molecule has 1 aliphatic carbocycles. The molecule has 45 heavy (non-hydrogen) atoms. The number of Topliss-reactive ketones (excluding diaryl/α,β-unsaturated/α-hetero) is 1. The summed E-state index contributed by atoms with van der Waals surface area (Å²) < 4.78 is 10.4. The molecule has 2 aromatic heterocycles. The Morgan fingerprint density at radius 2 is 1.82 bits per heavy atom. The van der Waals surface area contributed by atoms with Gasteiger partial charge in [0.2, 0.25) is 0 Å². The topological polar surface area (TPSA) is 79.3 Å². The monoisotopic (exact) mass is 604 g/mol. The Hall–Kier alpha value is -4.19. The van der Waals surface area contributed by atoms with Crippen molar-refractivity contribution in [3.05, 3.63) is 75.7 Å². The quantitative estimate of drug-likeness (QED) is 0.128. The molecule has 2 aromatic carbocycles. The third-order valence-electron chi connectivity index (χ3n) is 9.70. The number of nitriles is 1. The molecule has 3 heterocycles. The van der Waals surface area contributed by atoms with Crippen LogP contribution in [0.3, 0.4) is 0 Å². The Kier molecular flexibility index (Phi) is 8.93. The van der Waals surface area contributed by atoms with Gasteiger partial charge in [-0.25, -0.2) is 0 Å². The molecule has 0 bridgehead atoms. The number of aromatic nitrogens is 3. The predicted molar refractivity (Wildman–Crippen MR) is 180 cm³/mol. The van der Waals surface area contributed by atoms with Crippen LogP contribution in [0.2, 0.25) is 0 Å². The van der Waals surface area contributed by atoms with Crippen LogP contribution in [0.15, 0.2) is 36.4 Å². The number of rotatable bonds is 10. The van der Waals surface area contributed by atoms with E-state index in [4.69, 9.17) is 9.84 Å². The molecule has 1 fully saturated rings. The van der Waals surface area contributed by atoms with Gasteiger partial charge in [0.05, 0.1) is 17.8 Å². The summed E-state index contributed by atoms with van der Waals surface area (Å²) >= 11 is 0. The number of ketones is 1. The number of fused-ring (bicyclic) bond motifs is 2. The summed E-state index contributed by atoms with van der Waals surface area (Å²) in [6, 6.07) is 12.6. The fourth-order valence-electron chi connectivity index (χ4n) is 7.16. The third kappa shape index (κ3) is 5.95. The number of benzene rings is 2. The Balaban J connectivity index is 1.40. The van der Waals surface area contributed by atoms with E-state index in [0.29, 0.717) is 25.3 Å². The molecular formula is C37H44N6O2. The van der Waals surface area contributed by atoms with E-state index in [2.05, 4.69) is 78.6 Å². The van der Waals surface area contributed by atoms with Gasteiger partial charge in [0, 0.05) is 74.1 Å². The Labute approximate surface area is 266 Å². The maximum absolute atomic E-state index is 13.5. The van der Waals surface area contributed by atoms with Crippen molar-refractivity contribution < 1.29 is 9.53 Å². The van der Waals surface area contributed by atoms with Crippen molar-refractivity contribution in [1.29, 1.82) is 5.26 Å². The van der Waals surface area contributed by atoms with Crippen LogP contribution in [0, 0.1) is 32.1 Å². The number of carbonyl (C=O) groups is 1. The van der Waals surface area contributed by atoms with E-state index in [-0.39, 0.29) is 0 Å². The summed E-state index contributed by atoms with van der Waals surface area (Å²) in [5.41, 5.74) is 10.4. The van der Waals surface area contributed by atoms with Crippen molar-refractivity contribution in [2.24, 2.45) is 7.05 Å². The molecule has 1 saturated heterocycles. The zero-order valence-electron chi connectivity index (χ0n) is 27.3. The van der Waals surface area contributed by atoms with Crippen LogP contribution >= 0.6 is 0 Å². The number of carbonyl (C=O) groups excluding carboxylic acids is 1. The summed E-state index contributed by atoms with van der Waals surface area (Å²) in [5, 5.41) is 15.8. The molecular weight excluding hydrogens is 560 g/mol. The summed E-state index contributed by atoms with van der Waals surface area (Å²) in [5.74, 6) is 0.429. The smallest absolute Gasteiger partial charge is 0.278 e. The van der Waals surface area contributed by atoms with E-state index in [1.165, 1.54) is 11.1 Å². The van der Waals surface area contributed by atoms with Gasteiger partial charge >= 0.3 is 0 Å². The number of aryl methyl sites for hydroxylation is 5. The lowest BCUT2D eigenvalue weighted by molar-refractivity contribution is 0.104. The lowest BCUT2D eigenvalue weighted by Crippen LogP contribution is -2.45. The van der Waals surface area contributed by atoms with Crippen LogP contribution in [0.1, 0.15) is 57.0 Å². The van der Waals surface area contributed by atoms with Gasteiger partial charge in [-0.1, -0.05) is 36.4 Å². The SMILES string of the molecule is Cc1ccc2c(CCCOc3cccc4c3C=CCC4)c(C(=O)C#N)n(CCN3CCN(C)CC3)c2c1-c1c(C)nn(C)c1C. The lowest BCUT2D eigenvalue weighted by atomic mass is 9.94. The van der Waals surface area contributed by atoms with Gasteiger partial charge < -0.3 is 14.2 Å². The second-order valence-corrected chi connectivity index (χ2v) is 12.6. The second kappa shape index (κ2) is 13.0. The maximum atomic E-state index is 13.5. The standard InChI is InChI=1S/C37H44N6O2/c1-25-15-16-31-30(13-9-23-45-33-14-8-11-28-10-6-7-12-29(28)33)36(32(44)24-38)43(22-21-42-19-17-40(4)18-20-42)37(31)34(25)35-26(2)39-41(5)27(35)3/h7-8,11-12,14-16H,6,9-10,13,17-23H2,1-5H3. The van der Waals surface area contributed by atoms with E-state index >= 15 is 0 Å². The van der Waals surface area contributed by atoms with Crippen molar-refractivity contribution in [2.75, 3.05) is 46.4 Å². The molecule has 0 saturated carbocycles. The molecule has 0 radical (unpaired) electrons. The normalized spacial score (nSPS) is 15.4. The minimum Gasteiger partial charge on any atom is -0.493 e. The first kappa shape index (κ1) is 30.8. The highest BCUT2D eigenvalue weighted by atomic mass is 16.5. The van der Waals surface area contributed by atoms with E-state index in [1.54, 1.807) is 0 Å². The zero-order valence-corrected chi connectivity index (χ0v) is 27.3. The maximum Gasteiger partial charge on any atom is 0.278 e. The average Bonchev–Trinajstić information content (AvgIpc) is 3.49. The lowest BCUT2D eigenvalue weighted by Gasteiger charge is -2.32. The Morgan fingerprint density at radius 1 is 1.02 bits per heavy atom. The highest BCUT2D eigenvalue weighted by molar-refractivity contribution is 6.13. The fraction of sp³-hybridized carbons (Fsp3) is 0.432. The molecule has 4 aromatic rings. The second-order valence-electron chi connectivity index (χ2n) is 12.6. The van der Waals surface area contributed by atoms with Crippen molar-refractivity contribution in [1.82, 2.24) is 24.1 Å². The molecule has 0 amide bonds. The molecule has 0 unspecified atom stereocenters. The number of nitrogens with zero attached hydrogens (tertiary/aromatic N) is 6. The van der Waals surface area contributed by atoms with Gasteiger partial charge in [-0.15, -0.1) is 0 Å². The van der Waals surface area contributed by atoms with Crippen LogP contribution in [0.5, 0.6) is 5.75 Å². The van der Waals surface area contributed by atoms with E-state index in [9.17, 15) is 10.1 Å². The van der Waals surface area contributed by atoms with Crippen molar-refractivity contribution in [3.8, 4) is 22.9 Å². The van der Waals surface area contributed by atoms with Gasteiger partial charge in [-0.2, -0.15) is 10.4 Å². The highest BCUT2D eigenvalue weighted by Gasteiger charge is 2.28. The number of hydrogen-bond donors (Lipinski definition) is 0. The van der Waals surface area contributed by atoms with E-state index in [0.717, 1.165) is 102 Å². The van der Waals surface area contributed by atoms with Crippen LogP contribution < -0.4 is 4.74 Å². The van der Waals surface area contributed by atoms with Crippen LogP contribution in [0.25, 0.3) is 28.1 Å². The number of ether oxygens (including phenoxy) is 1. The molecule has 8 nitrogen and oxygen atoms in total.